The van der Waals surface area contributed by atoms with E-state index in [1.165, 1.54) is 6.20 Å². The average molecular weight is 440 g/mol. The number of carboxylic acids is 3. The van der Waals surface area contributed by atoms with Crippen LogP contribution >= 0.6 is 0 Å². The molecule has 0 saturated carbocycles. The monoisotopic (exact) mass is 440 g/mol. The molecule has 0 aliphatic rings. The number of hydrogen-bond donors (Lipinski definition) is 3. The molecule has 0 aromatic carbocycles. The van der Waals surface area contributed by atoms with E-state index in [9.17, 15) is 34.8 Å². The zero-order valence-corrected chi connectivity index (χ0v) is 17.7. The molecule has 3 atom stereocenters. The van der Waals surface area contributed by atoms with Gasteiger partial charge in [0.1, 0.15) is 24.7 Å². The Balaban J connectivity index is 2.79. The van der Waals surface area contributed by atoms with Gasteiger partial charge in [0.2, 0.25) is 0 Å². The molecule has 1 aromatic rings. The Morgan fingerprint density at radius 2 is 1.35 bits per heavy atom. The predicted molar refractivity (Wildman–Crippen MR) is 96.2 cm³/mol. The first kappa shape index (κ1) is 26.3. The smallest absolute Gasteiger partial charge is 0.172 e. The molecule has 0 spiro atoms. The van der Waals surface area contributed by atoms with E-state index in [2.05, 4.69) is 17.2 Å². The largest absolute Gasteiger partial charge is 0.868 e. The molecular formula is C20H32N4O7. The maximum Gasteiger partial charge on any atom is 0.172 e. The van der Waals surface area contributed by atoms with Gasteiger partial charge in [0, 0.05) is 31.2 Å². The zero-order valence-electron chi connectivity index (χ0n) is 17.7. The predicted octanol–water partition coefficient (Wildman–Crippen LogP) is -7.45. The molecule has 0 unspecified atom stereocenters. The van der Waals surface area contributed by atoms with Crippen molar-refractivity contribution >= 4 is 17.9 Å². The third-order valence-corrected chi connectivity index (χ3v) is 5.22. The quantitative estimate of drug-likeness (QED) is 0.176. The highest BCUT2D eigenvalue weighted by molar-refractivity contribution is 5.70. The first-order valence-electron chi connectivity index (χ1n) is 10.4. The van der Waals surface area contributed by atoms with Crippen molar-refractivity contribution in [2.24, 2.45) is 0 Å². The molecule has 11 nitrogen and oxygen atoms in total. The summed E-state index contributed by atoms with van der Waals surface area (Å²) in [4.78, 5) is 32.6. The SMILES string of the molecule is [NH3+][C@@H](CCCCCC[n+]1cc([O-])c(C[C@H]([NH3+])C(=O)[O-])c(CC[C@H]([NH3+])C(=O)[O-])c1)C(=O)[O-]. The molecule has 0 bridgehead atoms. The van der Waals surface area contributed by atoms with Crippen LogP contribution in [0.2, 0.25) is 0 Å². The lowest BCUT2D eigenvalue weighted by Gasteiger charge is -2.19. The zero-order chi connectivity index (χ0) is 23.6. The third kappa shape index (κ3) is 9.28. The molecule has 0 aliphatic carbocycles. The molecule has 11 heteroatoms. The number of carbonyl (C=O) groups excluding carboxylic acids is 3. The first-order chi connectivity index (χ1) is 14.5. The minimum absolute atomic E-state index is 0.102. The Hall–Kier alpha value is -2.76. The van der Waals surface area contributed by atoms with Crippen LogP contribution in [0, 0.1) is 0 Å². The van der Waals surface area contributed by atoms with Crippen molar-refractivity contribution in [3.63, 3.8) is 0 Å². The number of unbranched alkanes of at least 4 members (excludes halogenated alkanes) is 3. The van der Waals surface area contributed by atoms with Gasteiger partial charge in [-0.2, -0.15) is 0 Å². The molecule has 174 valence electrons. The summed E-state index contributed by atoms with van der Waals surface area (Å²) in [5.74, 6) is -4.15. The fourth-order valence-electron chi connectivity index (χ4n) is 3.21. The highest BCUT2D eigenvalue weighted by atomic mass is 16.4. The lowest BCUT2D eigenvalue weighted by atomic mass is 9.96. The second-order valence-corrected chi connectivity index (χ2v) is 7.86. The minimum Gasteiger partial charge on any atom is -0.868 e. The van der Waals surface area contributed by atoms with Gasteiger partial charge in [-0.3, -0.25) is 0 Å². The normalized spacial score (nSPS) is 14.0. The van der Waals surface area contributed by atoms with E-state index < -0.39 is 36.0 Å². The number of aromatic nitrogens is 1. The van der Waals surface area contributed by atoms with Crippen LogP contribution in [0.3, 0.4) is 0 Å². The molecule has 0 fully saturated rings. The van der Waals surface area contributed by atoms with Gasteiger partial charge in [-0.25, -0.2) is 4.57 Å². The number of rotatable bonds is 15. The van der Waals surface area contributed by atoms with Crippen molar-refractivity contribution in [3.05, 3.63) is 23.5 Å². The van der Waals surface area contributed by atoms with E-state index in [-0.39, 0.29) is 30.6 Å². The topological polar surface area (TPSA) is 230 Å². The van der Waals surface area contributed by atoms with Gasteiger partial charge in [-0.05, 0) is 30.6 Å². The summed E-state index contributed by atoms with van der Waals surface area (Å²) >= 11 is 0. The highest BCUT2D eigenvalue weighted by Crippen LogP contribution is 2.20. The van der Waals surface area contributed by atoms with Crippen molar-refractivity contribution in [1.29, 1.82) is 0 Å². The molecular weight excluding hydrogens is 408 g/mol. The summed E-state index contributed by atoms with van der Waals surface area (Å²) in [6, 6.07) is -2.77. The molecule has 1 aromatic heterocycles. The number of carbonyl (C=O) groups is 3. The molecule has 0 radical (unpaired) electrons. The number of aliphatic carboxylic acids is 3. The summed E-state index contributed by atoms with van der Waals surface area (Å²) < 4.78 is 1.71. The van der Waals surface area contributed by atoms with Crippen molar-refractivity contribution < 1.29 is 56.6 Å². The first-order valence-corrected chi connectivity index (χ1v) is 10.4. The Morgan fingerprint density at radius 3 is 1.94 bits per heavy atom. The molecule has 0 saturated heterocycles. The van der Waals surface area contributed by atoms with Crippen LogP contribution in [-0.4, -0.2) is 36.0 Å². The summed E-state index contributed by atoms with van der Waals surface area (Å²) in [6.07, 6.45) is 6.97. The average Bonchev–Trinajstić information content (AvgIpc) is 2.69. The molecule has 31 heavy (non-hydrogen) atoms. The van der Waals surface area contributed by atoms with E-state index in [0.29, 0.717) is 24.9 Å². The molecule has 9 N–H and O–H groups in total. The van der Waals surface area contributed by atoms with E-state index in [1.807, 2.05) is 0 Å². The number of aryl methyl sites for hydroxylation is 2. The lowest BCUT2D eigenvalue weighted by Crippen LogP contribution is -2.69. The van der Waals surface area contributed by atoms with Crippen LogP contribution in [0.25, 0.3) is 0 Å². The molecule has 1 heterocycles. The van der Waals surface area contributed by atoms with E-state index in [1.54, 1.807) is 10.8 Å². The van der Waals surface area contributed by atoms with Gasteiger partial charge in [-0.1, -0.05) is 6.42 Å². The van der Waals surface area contributed by atoms with Gasteiger partial charge >= 0.3 is 0 Å². The summed E-state index contributed by atoms with van der Waals surface area (Å²) in [7, 11) is 0. The van der Waals surface area contributed by atoms with Gasteiger partial charge in [0.05, 0.1) is 17.9 Å². The second kappa shape index (κ2) is 12.8. The Labute approximate surface area is 180 Å². The highest BCUT2D eigenvalue weighted by Gasteiger charge is 2.18. The van der Waals surface area contributed by atoms with E-state index >= 15 is 0 Å². The van der Waals surface area contributed by atoms with Crippen molar-refractivity contribution in [3.8, 4) is 5.75 Å². The van der Waals surface area contributed by atoms with Crippen LogP contribution in [0.1, 0.15) is 49.7 Å². The number of carboxylic acid groups (broad SMARTS) is 3. The summed E-state index contributed by atoms with van der Waals surface area (Å²) in [5, 5.41) is 45.2. The Bertz CT molecular complexity index is 772. The number of hydrogen-bond acceptors (Lipinski definition) is 7. The van der Waals surface area contributed by atoms with E-state index in [0.717, 1.165) is 19.3 Å². The molecule has 1 rings (SSSR count). The fraction of sp³-hybridized carbons (Fsp3) is 0.600. The number of quaternary nitrogens is 3. The lowest BCUT2D eigenvalue weighted by molar-refractivity contribution is -0.700. The van der Waals surface area contributed by atoms with Crippen LogP contribution in [0.15, 0.2) is 12.4 Å². The van der Waals surface area contributed by atoms with Crippen LogP contribution < -0.4 is 42.2 Å². The van der Waals surface area contributed by atoms with Gasteiger partial charge in [-0.15, -0.1) is 0 Å². The maximum absolute atomic E-state index is 12.6. The fourth-order valence-corrected chi connectivity index (χ4v) is 3.21. The second-order valence-electron chi connectivity index (χ2n) is 7.86. The Morgan fingerprint density at radius 1 is 0.806 bits per heavy atom. The molecule has 0 amide bonds. The number of pyridine rings is 1. The van der Waals surface area contributed by atoms with Gasteiger partial charge in [0.25, 0.3) is 0 Å². The van der Waals surface area contributed by atoms with Gasteiger partial charge in [0.15, 0.2) is 12.4 Å². The third-order valence-electron chi connectivity index (χ3n) is 5.22. The van der Waals surface area contributed by atoms with Crippen LogP contribution in [0.4, 0.5) is 0 Å². The van der Waals surface area contributed by atoms with Crippen LogP contribution in [-0.2, 0) is 33.8 Å². The van der Waals surface area contributed by atoms with Crippen molar-refractivity contribution in [1.82, 2.24) is 0 Å². The maximum atomic E-state index is 12.6. The van der Waals surface area contributed by atoms with Crippen molar-refractivity contribution in [2.75, 3.05) is 0 Å². The van der Waals surface area contributed by atoms with E-state index in [4.69, 9.17) is 0 Å². The number of nitrogens with zero attached hydrogens (tertiary/aromatic N) is 1. The van der Waals surface area contributed by atoms with Gasteiger partial charge < -0.3 is 52.0 Å². The minimum atomic E-state index is -1.37. The van der Waals surface area contributed by atoms with Crippen molar-refractivity contribution in [2.45, 2.75) is 76.0 Å². The Kier molecular flexibility index (Phi) is 10.9. The standard InChI is InChI=1S/C20H32N4O7/c21-14(18(26)27)5-3-1-2-4-8-24-10-12(6-7-15(22)19(28)29)13(17(25)11-24)9-16(23)20(30)31/h10-11,14-16H,1-9,21-23H2,(H3-,25,26,27,28,29,30,31)/t14-,15-,16-/m0/s1. The molecule has 0 aliphatic heterocycles. The summed E-state index contributed by atoms with van der Waals surface area (Å²) in [5.41, 5.74) is 11.4. The summed E-state index contributed by atoms with van der Waals surface area (Å²) in [6.45, 7) is 0.541. The van der Waals surface area contributed by atoms with Crippen LogP contribution in [0.5, 0.6) is 5.75 Å².